The quantitative estimate of drug-likeness (QED) is 0.399. The number of benzene rings is 3. The Labute approximate surface area is 184 Å². The van der Waals surface area contributed by atoms with Crippen molar-refractivity contribution in [3.8, 4) is 5.75 Å². The van der Waals surface area contributed by atoms with Gasteiger partial charge in [0.2, 0.25) is 0 Å². The molecule has 0 fully saturated rings. The molecule has 0 unspecified atom stereocenters. The first-order chi connectivity index (χ1) is 15.0. The number of anilines is 1. The van der Waals surface area contributed by atoms with Crippen LogP contribution in [0.3, 0.4) is 0 Å². The molecule has 160 valence electrons. The van der Waals surface area contributed by atoms with E-state index in [4.69, 9.17) is 4.74 Å². The summed E-state index contributed by atoms with van der Waals surface area (Å²) >= 11 is 1.31. The van der Waals surface area contributed by atoms with Crippen LogP contribution in [0.25, 0.3) is 21.0 Å². The van der Waals surface area contributed by atoms with Crippen LogP contribution in [0.15, 0.2) is 54.6 Å². The smallest absolute Gasteiger partial charge is 0.264 e. The zero-order valence-corrected chi connectivity index (χ0v) is 18.6. The number of hydrogen-bond acceptors (Lipinski definition) is 5. The molecule has 0 atom stereocenters. The summed E-state index contributed by atoms with van der Waals surface area (Å²) < 4.78 is 20.2. The average molecular weight is 438 g/mol. The average Bonchev–Trinajstić information content (AvgIpc) is 3.16. The summed E-state index contributed by atoms with van der Waals surface area (Å²) in [5.41, 5.74) is 1.19. The Morgan fingerprint density at radius 2 is 1.90 bits per heavy atom. The van der Waals surface area contributed by atoms with Crippen molar-refractivity contribution in [2.45, 2.75) is 6.92 Å². The van der Waals surface area contributed by atoms with Crippen molar-refractivity contribution >= 4 is 43.4 Å². The summed E-state index contributed by atoms with van der Waals surface area (Å²) in [5, 5.41) is 2.34. The summed E-state index contributed by atoms with van der Waals surface area (Å²) in [7, 11) is 3.92. The minimum absolute atomic E-state index is 0.179. The maximum Gasteiger partial charge on any atom is 0.264 e. The van der Waals surface area contributed by atoms with Crippen molar-refractivity contribution in [3.05, 3.63) is 66.0 Å². The van der Waals surface area contributed by atoms with Gasteiger partial charge in [0.25, 0.3) is 5.91 Å². The van der Waals surface area contributed by atoms with Gasteiger partial charge in [0.15, 0.2) is 5.13 Å². The fourth-order valence-electron chi connectivity index (χ4n) is 3.47. The lowest BCUT2D eigenvalue weighted by Gasteiger charge is -2.24. The number of rotatable bonds is 7. The molecular weight excluding hydrogens is 413 g/mol. The van der Waals surface area contributed by atoms with Crippen LogP contribution >= 0.6 is 11.3 Å². The first-order valence-electron chi connectivity index (χ1n) is 10.1. The number of halogens is 1. The van der Waals surface area contributed by atoms with Gasteiger partial charge in [-0.05, 0) is 56.1 Å². The highest BCUT2D eigenvalue weighted by molar-refractivity contribution is 7.22. The van der Waals surface area contributed by atoms with Gasteiger partial charge in [-0.2, -0.15) is 0 Å². The molecule has 0 N–H and O–H groups in total. The van der Waals surface area contributed by atoms with Gasteiger partial charge in [-0.1, -0.05) is 41.7 Å². The fourth-order valence-corrected chi connectivity index (χ4v) is 4.48. The molecule has 0 aliphatic heterocycles. The molecule has 5 nitrogen and oxygen atoms in total. The fraction of sp³-hybridized carbons (Fsp3) is 0.250. The highest BCUT2D eigenvalue weighted by Crippen LogP contribution is 2.34. The SMILES string of the molecule is CCOc1ccc2ccccc2c1C(=O)N(CCN(C)C)c1nc2ccc(F)cc2s1. The Morgan fingerprint density at radius 1 is 1.10 bits per heavy atom. The van der Waals surface area contributed by atoms with E-state index in [1.54, 1.807) is 11.0 Å². The van der Waals surface area contributed by atoms with Crippen LogP contribution in [0.1, 0.15) is 17.3 Å². The maximum absolute atomic E-state index is 13.9. The van der Waals surface area contributed by atoms with Gasteiger partial charge < -0.3 is 9.64 Å². The number of nitrogens with zero attached hydrogens (tertiary/aromatic N) is 3. The van der Waals surface area contributed by atoms with E-state index in [9.17, 15) is 9.18 Å². The van der Waals surface area contributed by atoms with E-state index >= 15 is 0 Å². The lowest BCUT2D eigenvalue weighted by Crippen LogP contribution is -2.37. The molecule has 0 saturated heterocycles. The summed E-state index contributed by atoms with van der Waals surface area (Å²) in [6, 6.07) is 16.1. The highest BCUT2D eigenvalue weighted by Gasteiger charge is 2.26. The largest absolute Gasteiger partial charge is 0.493 e. The number of thiazole rings is 1. The number of carbonyl (C=O) groups excluding carboxylic acids is 1. The molecule has 0 radical (unpaired) electrons. The normalized spacial score (nSPS) is 11.4. The van der Waals surface area contributed by atoms with Crippen molar-refractivity contribution in [2.24, 2.45) is 0 Å². The van der Waals surface area contributed by atoms with Crippen molar-refractivity contribution < 1.29 is 13.9 Å². The molecule has 0 aliphatic rings. The van der Waals surface area contributed by atoms with Crippen molar-refractivity contribution in [2.75, 3.05) is 38.7 Å². The second-order valence-corrected chi connectivity index (χ2v) is 8.47. The van der Waals surface area contributed by atoms with Crippen LogP contribution in [-0.2, 0) is 0 Å². The lowest BCUT2D eigenvalue weighted by atomic mass is 10.0. The van der Waals surface area contributed by atoms with Gasteiger partial charge in [0, 0.05) is 13.1 Å². The molecule has 3 aromatic carbocycles. The zero-order valence-electron chi connectivity index (χ0n) is 17.8. The first kappa shape index (κ1) is 21.2. The van der Waals surface area contributed by atoms with E-state index in [-0.39, 0.29) is 11.7 Å². The van der Waals surface area contributed by atoms with Gasteiger partial charge in [-0.15, -0.1) is 0 Å². The van der Waals surface area contributed by atoms with Gasteiger partial charge in [0.1, 0.15) is 11.6 Å². The Bertz CT molecular complexity index is 1240. The molecule has 1 amide bonds. The number of fused-ring (bicyclic) bond motifs is 2. The Morgan fingerprint density at radius 3 is 2.68 bits per heavy atom. The number of aromatic nitrogens is 1. The van der Waals surface area contributed by atoms with E-state index in [1.807, 2.05) is 62.3 Å². The van der Waals surface area contributed by atoms with E-state index < -0.39 is 0 Å². The van der Waals surface area contributed by atoms with Crippen LogP contribution in [-0.4, -0.2) is 49.6 Å². The summed E-state index contributed by atoms with van der Waals surface area (Å²) in [5.74, 6) is 0.0522. The number of ether oxygens (including phenoxy) is 1. The van der Waals surface area contributed by atoms with Gasteiger partial charge in [0.05, 0.1) is 22.4 Å². The van der Waals surface area contributed by atoms with Crippen LogP contribution in [0.2, 0.25) is 0 Å². The monoisotopic (exact) mass is 437 g/mol. The molecule has 31 heavy (non-hydrogen) atoms. The van der Waals surface area contributed by atoms with Gasteiger partial charge >= 0.3 is 0 Å². The number of amides is 1. The minimum atomic E-state index is -0.318. The minimum Gasteiger partial charge on any atom is -0.493 e. The molecule has 4 aromatic rings. The summed E-state index contributed by atoms with van der Waals surface area (Å²) in [6.45, 7) is 3.46. The molecule has 1 heterocycles. The first-order valence-corrected chi connectivity index (χ1v) is 11.0. The Hall–Kier alpha value is -3.03. The third-order valence-corrected chi connectivity index (χ3v) is 6.03. The molecule has 1 aromatic heterocycles. The molecular formula is C24H24FN3O2S. The molecule has 7 heteroatoms. The highest BCUT2D eigenvalue weighted by atomic mass is 32.1. The van der Waals surface area contributed by atoms with Crippen LogP contribution < -0.4 is 9.64 Å². The van der Waals surface area contributed by atoms with E-state index in [2.05, 4.69) is 4.98 Å². The molecule has 0 spiro atoms. The molecule has 0 saturated carbocycles. The van der Waals surface area contributed by atoms with Crippen molar-refractivity contribution in [1.29, 1.82) is 0 Å². The zero-order chi connectivity index (χ0) is 22.0. The number of carbonyl (C=O) groups is 1. The maximum atomic E-state index is 13.9. The third kappa shape index (κ3) is 4.38. The molecule has 0 aliphatic carbocycles. The van der Waals surface area contributed by atoms with Gasteiger partial charge in [-0.3, -0.25) is 9.69 Å². The Balaban J connectivity index is 1.85. The van der Waals surface area contributed by atoms with Crippen LogP contribution in [0.4, 0.5) is 9.52 Å². The lowest BCUT2D eigenvalue weighted by molar-refractivity contribution is 0.0983. The third-order valence-electron chi connectivity index (χ3n) is 4.99. The van der Waals surface area contributed by atoms with E-state index in [0.717, 1.165) is 10.8 Å². The topological polar surface area (TPSA) is 45.7 Å². The summed E-state index contributed by atoms with van der Waals surface area (Å²) in [6.07, 6.45) is 0. The van der Waals surface area contributed by atoms with Gasteiger partial charge in [-0.25, -0.2) is 9.37 Å². The second kappa shape index (κ2) is 8.99. The number of hydrogen-bond donors (Lipinski definition) is 0. The Kier molecular flexibility index (Phi) is 6.15. The van der Waals surface area contributed by atoms with Crippen molar-refractivity contribution in [3.63, 3.8) is 0 Å². The summed E-state index contributed by atoms with van der Waals surface area (Å²) in [4.78, 5) is 22.3. The van der Waals surface area contributed by atoms with Crippen LogP contribution in [0, 0.1) is 5.82 Å². The van der Waals surface area contributed by atoms with E-state index in [0.29, 0.717) is 46.4 Å². The van der Waals surface area contributed by atoms with E-state index in [1.165, 1.54) is 23.5 Å². The number of likely N-dealkylation sites (N-methyl/N-ethyl adjacent to an activating group) is 1. The second-order valence-electron chi connectivity index (χ2n) is 7.46. The predicted octanol–water partition coefficient (Wildman–Crippen LogP) is 5.20. The van der Waals surface area contributed by atoms with Crippen LogP contribution in [0.5, 0.6) is 5.75 Å². The molecule has 0 bridgehead atoms. The van der Waals surface area contributed by atoms with Crippen molar-refractivity contribution in [1.82, 2.24) is 9.88 Å². The molecule has 4 rings (SSSR count). The standard InChI is InChI=1S/C24H24FN3O2S/c1-4-30-20-12-9-16-7-5-6-8-18(16)22(20)23(29)28(14-13-27(2)3)24-26-19-11-10-17(25)15-21(19)31-24/h5-12,15H,4,13-14H2,1-3H3. The predicted molar refractivity (Wildman–Crippen MR) is 125 cm³/mol.